The minimum atomic E-state index is 0.300. The molecule has 20 heavy (non-hydrogen) atoms. The molecule has 4 heteroatoms. The molecule has 4 nitrogen and oxygen atoms in total. The number of ether oxygens (including phenoxy) is 2. The van der Waals surface area contributed by atoms with Crippen LogP contribution in [-0.4, -0.2) is 19.1 Å². The van der Waals surface area contributed by atoms with Gasteiger partial charge in [0, 0.05) is 12.1 Å². The van der Waals surface area contributed by atoms with Crippen LogP contribution in [0.2, 0.25) is 0 Å². The Hall–Kier alpha value is -2.07. The molecule has 0 aliphatic rings. The van der Waals surface area contributed by atoms with Crippen LogP contribution in [-0.2, 0) is 6.61 Å². The van der Waals surface area contributed by atoms with Gasteiger partial charge >= 0.3 is 0 Å². The Morgan fingerprint density at radius 2 is 2.00 bits per heavy atom. The van der Waals surface area contributed by atoms with Crippen molar-refractivity contribution in [2.24, 2.45) is 0 Å². The Kier molecular flexibility index (Phi) is 4.96. The number of rotatable bonds is 6. The van der Waals surface area contributed by atoms with Crippen molar-refractivity contribution in [2.45, 2.75) is 19.6 Å². The van der Waals surface area contributed by atoms with Crippen LogP contribution in [0.4, 0.5) is 0 Å². The highest BCUT2D eigenvalue weighted by Crippen LogP contribution is 2.19. The van der Waals surface area contributed by atoms with Crippen molar-refractivity contribution in [1.82, 2.24) is 10.3 Å². The quantitative estimate of drug-likeness (QED) is 0.878. The van der Waals surface area contributed by atoms with E-state index >= 15 is 0 Å². The molecule has 0 aliphatic carbocycles. The highest BCUT2D eigenvalue weighted by atomic mass is 16.5. The standard InChI is InChI=1S/C16H20N2O2/c1-12(17-2)13-6-4-8-15(10-13)20-11-14-7-5-9-16(18-14)19-3/h4-10,12,17H,11H2,1-3H3. The summed E-state index contributed by atoms with van der Waals surface area (Å²) in [6.45, 7) is 2.54. The summed E-state index contributed by atoms with van der Waals surface area (Å²) in [7, 11) is 3.55. The van der Waals surface area contributed by atoms with E-state index in [4.69, 9.17) is 9.47 Å². The molecular formula is C16H20N2O2. The van der Waals surface area contributed by atoms with E-state index in [-0.39, 0.29) is 0 Å². The summed E-state index contributed by atoms with van der Waals surface area (Å²) in [5.74, 6) is 1.44. The lowest BCUT2D eigenvalue weighted by molar-refractivity contribution is 0.297. The molecule has 1 unspecified atom stereocenters. The van der Waals surface area contributed by atoms with Gasteiger partial charge in [0.05, 0.1) is 12.8 Å². The first-order chi connectivity index (χ1) is 9.72. The summed E-state index contributed by atoms with van der Waals surface area (Å²) < 4.78 is 10.9. The van der Waals surface area contributed by atoms with Gasteiger partial charge in [-0.1, -0.05) is 18.2 Å². The summed E-state index contributed by atoms with van der Waals surface area (Å²) in [4.78, 5) is 4.32. The molecule has 1 heterocycles. The molecule has 0 saturated heterocycles. The van der Waals surface area contributed by atoms with E-state index in [1.54, 1.807) is 7.11 Å². The smallest absolute Gasteiger partial charge is 0.213 e. The molecular weight excluding hydrogens is 252 g/mol. The lowest BCUT2D eigenvalue weighted by Crippen LogP contribution is -2.12. The molecule has 0 bridgehead atoms. The van der Waals surface area contributed by atoms with E-state index in [1.165, 1.54) is 5.56 Å². The maximum atomic E-state index is 5.78. The zero-order chi connectivity index (χ0) is 14.4. The van der Waals surface area contributed by atoms with Gasteiger partial charge in [-0.15, -0.1) is 0 Å². The second-order valence-corrected chi connectivity index (χ2v) is 4.54. The molecule has 0 saturated carbocycles. The molecule has 1 N–H and O–H groups in total. The molecule has 0 fully saturated rings. The second kappa shape index (κ2) is 6.91. The third kappa shape index (κ3) is 3.71. The zero-order valence-electron chi connectivity index (χ0n) is 12.1. The van der Waals surface area contributed by atoms with Crippen LogP contribution in [0.1, 0.15) is 24.2 Å². The molecule has 1 atom stereocenters. The Morgan fingerprint density at radius 1 is 1.20 bits per heavy atom. The Morgan fingerprint density at radius 3 is 2.75 bits per heavy atom. The fourth-order valence-electron chi connectivity index (χ4n) is 1.85. The van der Waals surface area contributed by atoms with Crippen LogP contribution in [0.5, 0.6) is 11.6 Å². The minimum absolute atomic E-state index is 0.300. The molecule has 0 radical (unpaired) electrons. The van der Waals surface area contributed by atoms with Crippen LogP contribution < -0.4 is 14.8 Å². The first kappa shape index (κ1) is 14.3. The van der Waals surface area contributed by atoms with Crippen molar-refractivity contribution in [3.63, 3.8) is 0 Å². The lowest BCUT2D eigenvalue weighted by Gasteiger charge is -2.12. The van der Waals surface area contributed by atoms with Crippen molar-refractivity contribution in [3.8, 4) is 11.6 Å². The predicted octanol–water partition coefficient (Wildman–Crippen LogP) is 2.95. The van der Waals surface area contributed by atoms with Gasteiger partial charge in [-0.05, 0) is 37.7 Å². The maximum Gasteiger partial charge on any atom is 0.213 e. The van der Waals surface area contributed by atoms with Gasteiger partial charge in [-0.25, -0.2) is 4.98 Å². The molecule has 1 aromatic heterocycles. The largest absolute Gasteiger partial charge is 0.487 e. The van der Waals surface area contributed by atoms with Gasteiger partial charge in [0.15, 0.2) is 0 Å². The van der Waals surface area contributed by atoms with Crippen molar-refractivity contribution >= 4 is 0 Å². The SMILES string of the molecule is CNC(C)c1cccc(OCc2cccc(OC)n2)c1. The van der Waals surface area contributed by atoms with Crippen molar-refractivity contribution in [1.29, 1.82) is 0 Å². The third-order valence-electron chi connectivity index (χ3n) is 3.17. The predicted molar refractivity (Wildman–Crippen MR) is 79.0 cm³/mol. The van der Waals surface area contributed by atoms with Gasteiger partial charge in [-0.3, -0.25) is 0 Å². The summed E-state index contributed by atoms with van der Waals surface area (Å²) in [6, 6.07) is 14.0. The fourth-order valence-corrected chi connectivity index (χ4v) is 1.85. The van der Waals surface area contributed by atoms with Gasteiger partial charge in [-0.2, -0.15) is 0 Å². The molecule has 0 aliphatic heterocycles. The molecule has 2 rings (SSSR count). The van der Waals surface area contributed by atoms with E-state index in [0.29, 0.717) is 18.5 Å². The number of nitrogens with zero attached hydrogens (tertiary/aromatic N) is 1. The monoisotopic (exact) mass is 272 g/mol. The Bertz CT molecular complexity index is 558. The normalized spacial score (nSPS) is 11.9. The van der Waals surface area contributed by atoms with Crippen molar-refractivity contribution < 1.29 is 9.47 Å². The first-order valence-electron chi connectivity index (χ1n) is 6.63. The van der Waals surface area contributed by atoms with E-state index in [9.17, 15) is 0 Å². The number of nitrogens with one attached hydrogen (secondary N) is 1. The Balaban J connectivity index is 2.03. The van der Waals surface area contributed by atoms with Gasteiger partial charge in [0.2, 0.25) is 5.88 Å². The number of benzene rings is 1. The average molecular weight is 272 g/mol. The molecule has 1 aromatic carbocycles. The van der Waals surface area contributed by atoms with Crippen molar-refractivity contribution in [2.75, 3.05) is 14.2 Å². The van der Waals surface area contributed by atoms with Crippen LogP contribution in [0.25, 0.3) is 0 Å². The third-order valence-corrected chi connectivity index (χ3v) is 3.17. The van der Waals surface area contributed by atoms with E-state index in [0.717, 1.165) is 11.4 Å². The fraction of sp³-hybridized carbons (Fsp3) is 0.312. The first-order valence-corrected chi connectivity index (χ1v) is 6.63. The van der Waals surface area contributed by atoms with Gasteiger partial charge < -0.3 is 14.8 Å². The van der Waals surface area contributed by atoms with Crippen LogP contribution in [0.15, 0.2) is 42.5 Å². The number of aromatic nitrogens is 1. The van der Waals surface area contributed by atoms with Gasteiger partial charge in [0.25, 0.3) is 0 Å². The van der Waals surface area contributed by atoms with Crippen LogP contribution in [0.3, 0.4) is 0 Å². The molecule has 0 spiro atoms. The summed E-state index contributed by atoms with van der Waals surface area (Å²) in [5.41, 5.74) is 2.04. The van der Waals surface area contributed by atoms with Crippen LogP contribution in [0, 0.1) is 0 Å². The summed E-state index contributed by atoms with van der Waals surface area (Å²) in [6.07, 6.45) is 0. The highest BCUT2D eigenvalue weighted by Gasteiger charge is 2.04. The van der Waals surface area contributed by atoms with E-state index in [2.05, 4.69) is 23.3 Å². The minimum Gasteiger partial charge on any atom is -0.487 e. The second-order valence-electron chi connectivity index (χ2n) is 4.54. The molecule has 106 valence electrons. The highest BCUT2D eigenvalue weighted by molar-refractivity contribution is 5.30. The van der Waals surface area contributed by atoms with Crippen LogP contribution >= 0.6 is 0 Å². The summed E-state index contributed by atoms with van der Waals surface area (Å²) >= 11 is 0. The topological polar surface area (TPSA) is 43.4 Å². The lowest BCUT2D eigenvalue weighted by atomic mass is 10.1. The number of hydrogen-bond donors (Lipinski definition) is 1. The number of hydrogen-bond acceptors (Lipinski definition) is 4. The Labute approximate surface area is 119 Å². The summed E-state index contributed by atoms with van der Waals surface area (Å²) in [5, 5.41) is 3.21. The number of pyridine rings is 1. The van der Waals surface area contributed by atoms with Crippen molar-refractivity contribution in [3.05, 3.63) is 53.7 Å². The maximum absolute atomic E-state index is 5.78. The van der Waals surface area contributed by atoms with E-state index in [1.807, 2.05) is 43.4 Å². The van der Waals surface area contributed by atoms with E-state index < -0.39 is 0 Å². The molecule has 0 amide bonds. The zero-order valence-corrected chi connectivity index (χ0v) is 12.1. The van der Waals surface area contributed by atoms with Gasteiger partial charge in [0.1, 0.15) is 12.4 Å². The molecule has 2 aromatic rings. The number of methoxy groups -OCH3 is 1. The average Bonchev–Trinajstić information content (AvgIpc) is 2.52.